The smallest absolute Gasteiger partial charge is 0.333 e. The van der Waals surface area contributed by atoms with E-state index in [1.807, 2.05) is 24.3 Å². The second-order valence-electron chi connectivity index (χ2n) is 11.1. The fourth-order valence-electron chi connectivity index (χ4n) is 5.12. The second kappa shape index (κ2) is 14.2. The Morgan fingerprint density at radius 1 is 0.775 bits per heavy atom. The van der Waals surface area contributed by atoms with Crippen LogP contribution in [0.2, 0.25) is 0 Å². The lowest BCUT2D eigenvalue weighted by Crippen LogP contribution is -2.33. The first kappa shape index (κ1) is 31.0. The largest absolute Gasteiger partial charge is 0.490 e. The Morgan fingerprint density at radius 2 is 1.15 bits per heavy atom. The minimum absolute atomic E-state index is 0.0860. The first-order chi connectivity index (χ1) is 19.0. The summed E-state index contributed by atoms with van der Waals surface area (Å²) in [5, 5.41) is 0. The van der Waals surface area contributed by atoms with Crippen molar-refractivity contribution in [3.8, 4) is 11.5 Å². The van der Waals surface area contributed by atoms with Crippen molar-refractivity contribution in [2.24, 2.45) is 5.92 Å². The average Bonchev–Trinajstić information content (AvgIpc) is 2.95. The first-order valence-corrected chi connectivity index (χ1v) is 14.2. The van der Waals surface area contributed by atoms with E-state index < -0.39 is 11.9 Å². The van der Waals surface area contributed by atoms with Gasteiger partial charge in [0.15, 0.2) is 0 Å². The molecule has 0 bridgehead atoms. The van der Waals surface area contributed by atoms with Gasteiger partial charge in [0.1, 0.15) is 36.9 Å². The van der Waals surface area contributed by atoms with Gasteiger partial charge in [0.2, 0.25) is 0 Å². The summed E-state index contributed by atoms with van der Waals surface area (Å²) >= 11 is 0. The Hall–Kier alpha value is -3.54. The summed E-state index contributed by atoms with van der Waals surface area (Å²) in [6.45, 7) is 16.9. The van der Waals surface area contributed by atoms with Crippen LogP contribution in [0.4, 0.5) is 0 Å². The lowest BCUT2D eigenvalue weighted by Gasteiger charge is -2.41. The number of carbonyl (C=O) groups is 2. The number of esters is 2. The molecule has 0 saturated heterocycles. The van der Waals surface area contributed by atoms with Gasteiger partial charge >= 0.3 is 11.9 Å². The normalized spacial score (nSPS) is 20.1. The van der Waals surface area contributed by atoms with Crippen LogP contribution in [0.5, 0.6) is 11.5 Å². The van der Waals surface area contributed by atoms with Crippen molar-refractivity contribution in [2.45, 2.75) is 84.3 Å². The molecule has 0 N–H and O–H groups in total. The van der Waals surface area contributed by atoms with Crippen molar-refractivity contribution >= 4 is 11.9 Å². The fourth-order valence-corrected chi connectivity index (χ4v) is 5.12. The molecule has 216 valence electrons. The van der Waals surface area contributed by atoms with Crippen LogP contribution in [0.3, 0.4) is 0 Å². The third kappa shape index (κ3) is 8.23. The molecule has 2 aromatic carbocycles. The Kier molecular flexibility index (Phi) is 11.0. The summed E-state index contributed by atoms with van der Waals surface area (Å²) < 4.78 is 22.4. The number of hydrogen-bond donors (Lipinski definition) is 0. The summed E-state index contributed by atoms with van der Waals surface area (Å²) in [4.78, 5) is 23.5. The van der Waals surface area contributed by atoms with Crippen LogP contribution in [-0.2, 0) is 24.5 Å². The summed E-state index contributed by atoms with van der Waals surface area (Å²) in [7, 11) is 0. The van der Waals surface area contributed by atoms with E-state index in [0.717, 1.165) is 30.3 Å². The molecule has 6 heteroatoms. The molecule has 1 aliphatic carbocycles. The molecule has 2 atom stereocenters. The number of hydrogen-bond acceptors (Lipinski definition) is 6. The van der Waals surface area contributed by atoms with Gasteiger partial charge < -0.3 is 18.9 Å². The van der Waals surface area contributed by atoms with Crippen LogP contribution < -0.4 is 9.47 Å². The van der Waals surface area contributed by atoms with Gasteiger partial charge in [-0.3, -0.25) is 0 Å². The second-order valence-corrected chi connectivity index (χ2v) is 11.1. The summed E-state index contributed by atoms with van der Waals surface area (Å²) in [6, 6.07) is 16.6. The van der Waals surface area contributed by atoms with E-state index in [9.17, 15) is 9.59 Å². The maximum Gasteiger partial charge on any atom is 0.333 e. The molecule has 6 nitrogen and oxygen atoms in total. The van der Waals surface area contributed by atoms with Crippen molar-refractivity contribution in [2.75, 3.05) is 13.2 Å². The van der Waals surface area contributed by atoms with Crippen molar-refractivity contribution < 1.29 is 28.5 Å². The van der Waals surface area contributed by atoms with E-state index in [1.54, 1.807) is 27.7 Å². The zero-order valence-electron chi connectivity index (χ0n) is 24.7. The van der Waals surface area contributed by atoms with Gasteiger partial charge in [-0.05, 0) is 94.7 Å². The van der Waals surface area contributed by atoms with Crippen molar-refractivity contribution in [3.05, 3.63) is 84.0 Å². The molecule has 0 radical (unpaired) electrons. The molecule has 3 rings (SSSR count). The number of rotatable bonds is 13. The highest BCUT2D eigenvalue weighted by Gasteiger charge is 2.38. The Labute approximate surface area is 239 Å². The standard InChI is InChI=1S/C34H44O6/c1-8-27-17-19-34(20-18-27,28-9-13-30(14-10-28)37-21-25(6)39-32(35)23(2)3)29-11-15-31(16-12-29)38-22-26(7)40-33(36)24(4)5/h9-16,25-27H,2,4,8,17-22H2,1,3,5-7H3. The predicted octanol–water partition coefficient (Wildman–Crippen LogP) is 7.35. The Balaban J connectivity index is 1.71. The van der Waals surface area contributed by atoms with E-state index in [-0.39, 0.29) is 30.8 Å². The van der Waals surface area contributed by atoms with Gasteiger partial charge in [-0.1, -0.05) is 50.8 Å². The zero-order valence-corrected chi connectivity index (χ0v) is 24.7. The minimum Gasteiger partial charge on any atom is -0.490 e. The lowest BCUT2D eigenvalue weighted by atomic mass is 9.63. The number of ether oxygens (including phenoxy) is 4. The van der Waals surface area contributed by atoms with E-state index in [0.29, 0.717) is 11.1 Å². The maximum atomic E-state index is 11.7. The summed E-state index contributed by atoms with van der Waals surface area (Å²) in [5.74, 6) is 1.42. The van der Waals surface area contributed by atoms with Gasteiger partial charge in [-0.15, -0.1) is 0 Å². The van der Waals surface area contributed by atoms with Gasteiger partial charge in [-0.25, -0.2) is 9.59 Å². The molecule has 1 aliphatic rings. The zero-order chi connectivity index (χ0) is 29.3. The average molecular weight is 549 g/mol. The topological polar surface area (TPSA) is 71.1 Å². The van der Waals surface area contributed by atoms with Crippen molar-refractivity contribution in [1.82, 2.24) is 0 Å². The number of carbonyl (C=O) groups excluding carboxylic acids is 2. The minimum atomic E-state index is -0.409. The van der Waals surface area contributed by atoms with Gasteiger partial charge in [0, 0.05) is 16.6 Å². The summed E-state index contributed by atoms with van der Waals surface area (Å²) in [5.41, 5.74) is 3.20. The Morgan fingerprint density at radius 3 is 1.48 bits per heavy atom. The molecule has 2 aromatic rings. The van der Waals surface area contributed by atoms with E-state index in [4.69, 9.17) is 18.9 Å². The molecule has 0 spiro atoms. The van der Waals surface area contributed by atoms with Crippen LogP contribution in [0.1, 0.15) is 77.8 Å². The quantitative estimate of drug-likeness (QED) is 0.193. The SMILES string of the molecule is C=C(C)C(=O)OC(C)COc1ccc(C2(c3ccc(OCC(C)OC(=O)C(=C)C)cc3)CCC(CC)CC2)cc1. The molecule has 1 saturated carbocycles. The molecule has 0 aromatic heterocycles. The highest BCUT2D eigenvalue weighted by Crippen LogP contribution is 2.47. The first-order valence-electron chi connectivity index (χ1n) is 14.2. The molecular weight excluding hydrogens is 504 g/mol. The van der Waals surface area contributed by atoms with Crippen LogP contribution >= 0.6 is 0 Å². The maximum absolute atomic E-state index is 11.7. The van der Waals surface area contributed by atoms with E-state index in [2.05, 4.69) is 44.3 Å². The molecule has 0 amide bonds. The highest BCUT2D eigenvalue weighted by molar-refractivity contribution is 5.87. The summed E-state index contributed by atoms with van der Waals surface area (Å²) in [6.07, 6.45) is 4.98. The van der Waals surface area contributed by atoms with Gasteiger partial charge in [0.05, 0.1) is 0 Å². The van der Waals surface area contributed by atoms with Gasteiger partial charge in [-0.2, -0.15) is 0 Å². The van der Waals surface area contributed by atoms with Crippen LogP contribution in [-0.4, -0.2) is 37.4 Å². The molecule has 2 unspecified atom stereocenters. The van der Waals surface area contributed by atoms with E-state index >= 15 is 0 Å². The Bertz CT molecular complexity index is 1070. The van der Waals surface area contributed by atoms with Crippen LogP contribution in [0, 0.1) is 5.92 Å². The van der Waals surface area contributed by atoms with Crippen LogP contribution in [0.15, 0.2) is 72.8 Å². The van der Waals surface area contributed by atoms with Crippen LogP contribution in [0.25, 0.3) is 0 Å². The predicted molar refractivity (Wildman–Crippen MR) is 158 cm³/mol. The van der Waals surface area contributed by atoms with Crippen molar-refractivity contribution in [3.63, 3.8) is 0 Å². The van der Waals surface area contributed by atoms with Crippen molar-refractivity contribution in [1.29, 1.82) is 0 Å². The molecule has 0 heterocycles. The molecule has 1 fully saturated rings. The third-order valence-corrected chi connectivity index (χ3v) is 7.63. The fraction of sp³-hybridized carbons (Fsp3) is 0.471. The van der Waals surface area contributed by atoms with E-state index in [1.165, 1.54) is 30.4 Å². The highest BCUT2D eigenvalue weighted by atomic mass is 16.6. The van der Waals surface area contributed by atoms with Gasteiger partial charge in [0.25, 0.3) is 0 Å². The molecular formula is C34H44O6. The molecule has 0 aliphatic heterocycles. The number of benzene rings is 2. The monoisotopic (exact) mass is 548 g/mol. The molecule has 40 heavy (non-hydrogen) atoms. The lowest BCUT2D eigenvalue weighted by molar-refractivity contribution is -0.145. The third-order valence-electron chi connectivity index (χ3n) is 7.63.